The third-order valence-corrected chi connectivity index (χ3v) is 6.08. The summed E-state index contributed by atoms with van der Waals surface area (Å²) >= 11 is 7.71. The number of esters is 1. The number of rotatable bonds is 4. The quantitative estimate of drug-likeness (QED) is 0.581. The summed E-state index contributed by atoms with van der Waals surface area (Å²) < 4.78 is 12.8. The highest BCUT2D eigenvalue weighted by Gasteiger charge is 2.34. The van der Waals surface area contributed by atoms with Crippen molar-refractivity contribution in [2.45, 2.75) is 26.8 Å². The molecule has 30 heavy (non-hydrogen) atoms. The van der Waals surface area contributed by atoms with Crippen LogP contribution in [0.15, 0.2) is 61.9 Å². The number of furan rings is 1. The molecular formula is C22H19ClN2O4S. The van der Waals surface area contributed by atoms with Gasteiger partial charge in [0, 0.05) is 11.1 Å². The van der Waals surface area contributed by atoms with E-state index in [1.165, 1.54) is 15.9 Å². The Morgan fingerprint density at radius 1 is 1.30 bits per heavy atom. The van der Waals surface area contributed by atoms with E-state index in [-0.39, 0.29) is 12.2 Å². The van der Waals surface area contributed by atoms with Gasteiger partial charge in [0.2, 0.25) is 0 Å². The van der Waals surface area contributed by atoms with Crippen LogP contribution in [0, 0.1) is 6.92 Å². The molecule has 1 atom stereocenters. The van der Waals surface area contributed by atoms with Gasteiger partial charge in [0.25, 0.3) is 5.56 Å². The van der Waals surface area contributed by atoms with E-state index >= 15 is 0 Å². The molecule has 4 rings (SSSR count). The lowest BCUT2D eigenvalue weighted by Gasteiger charge is -2.25. The SMILES string of the molecule is CCOC(=O)C1=C(C)N=c2sc(=Cc3ccc(C)o3)c(=O)n2C1c1ccccc1Cl. The summed E-state index contributed by atoms with van der Waals surface area (Å²) in [6, 6.07) is 10.1. The first-order valence-corrected chi connectivity index (χ1v) is 10.6. The molecule has 0 bridgehead atoms. The molecule has 0 radical (unpaired) electrons. The van der Waals surface area contributed by atoms with E-state index in [1.54, 1.807) is 44.2 Å². The minimum Gasteiger partial charge on any atom is -0.463 e. The molecule has 0 spiro atoms. The number of carbonyl (C=O) groups excluding carboxylic acids is 1. The summed E-state index contributed by atoms with van der Waals surface area (Å²) in [6.45, 7) is 5.53. The Labute approximate surface area is 181 Å². The first-order chi connectivity index (χ1) is 14.4. The smallest absolute Gasteiger partial charge is 0.338 e. The van der Waals surface area contributed by atoms with E-state index in [0.29, 0.717) is 37.0 Å². The number of thiazole rings is 1. The molecule has 2 aromatic heterocycles. The summed E-state index contributed by atoms with van der Waals surface area (Å²) in [4.78, 5) is 31.2. The summed E-state index contributed by atoms with van der Waals surface area (Å²) in [6.07, 6.45) is 1.68. The number of aromatic nitrogens is 1. The molecule has 1 unspecified atom stereocenters. The molecule has 8 heteroatoms. The largest absolute Gasteiger partial charge is 0.463 e. The van der Waals surface area contributed by atoms with E-state index in [4.69, 9.17) is 20.8 Å². The Hall–Kier alpha value is -2.90. The van der Waals surface area contributed by atoms with Crippen LogP contribution >= 0.6 is 22.9 Å². The second-order valence-corrected chi connectivity index (χ2v) is 8.19. The van der Waals surface area contributed by atoms with E-state index in [9.17, 15) is 9.59 Å². The van der Waals surface area contributed by atoms with Crippen molar-refractivity contribution in [2.75, 3.05) is 6.61 Å². The molecule has 0 aliphatic carbocycles. The van der Waals surface area contributed by atoms with Gasteiger partial charge in [-0.2, -0.15) is 0 Å². The monoisotopic (exact) mass is 442 g/mol. The second kappa shape index (κ2) is 8.08. The summed E-state index contributed by atoms with van der Waals surface area (Å²) in [5.41, 5.74) is 1.17. The first kappa shape index (κ1) is 20.4. The number of nitrogens with zero attached hydrogens (tertiary/aromatic N) is 2. The normalized spacial score (nSPS) is 16.4. The number of hydrogen-bond donors (Lipinski definition) is 0. The average Bonchev–Trinajstić information content (AvgIpc) is 3.24. The Balaban J connectivity index is 1.99. The molecule has 3 aromatic rings. The molecule has 0 N–H and O–H groups in total. The zero-order chi connectivity index (χ0) is 21.4. The maximum Gasteiger partial charge on any atom is 0.338 e. The van der Waals surface area contributed by atoms with Crippen molar-refractivity contribution in [3.63, 3.8) is 0 Å². The number of aryl methyl sites for hydroxylation is 1. The lowest BCUT2D eigenvalue weighted by atomic mass is 9.96. The van der Waals surface area contributed by atoms with Crippen LogP contribution in [-0.4, -0.2) is 17.1 Å². The van der Waals surface area contributed by atoms with Gasteiger partial charge >= 0.3 is 5.97 Å². The van der Waals surface area contributed by atoms with Crippen LogP contribution in [0.5, 0.6) is 0 Å². The van der Waals surface area contributed by atoms with Crippen LogP contribution < -0.4 is 14.9 Å². The number of allylic oxidation sites excluding steroid dienone is 1. The van der Waals surface area contributed by atoms with Crippen molar-refractivity contribution in [1.82, 2.24) is 4.57 Å². The fraction of sp³-hybridized carbons (Fsp3) is 0.227. The number of halogens is 1. The van der Waals surface area contributed by atoms with Crippen molar-refractivity contribution >= 4 is 35.0 Å². The molecule has 3 heterocycles. The summed E-state index contributed by atoms with van der Waals surface area (Å²) in [5.74, 6) is 0.816. The molecular weight excluding hydrogens is 424 g/mol. The number of fused-ring (bicyclic) bond motifs is 1. The van der Waals surface area contributed by atoms with Gasteiger partial charge in [0.1, 0.15) is 17.6 Å². The zero-order valence-corrected chi connectivity index (χ0v) is 18.2. The standard InChI is InChI=1S/C22H19ClN2O4S/c1-4-28-21(27)18-13(3)24-22-25(19(18)15-7-5-6-8-16(15)23)20(26)17(30-22)11-14-10-9-12(2)29-14/h5-11,19H,4H2,1-3H3. The minimum atomic E-state index is -0.727. The Kier molecular flexibility index (Phi) is 5.49. The van der Waals surface area contributed by atoms with E-state index in [0.717, 1.165) is 5.76 Å². The molecule has 0 fully saturated rings. The number of hydrogen-bond acceptors (Lipinski definition) is 6. The molecule has 1 aliphatic heterocycles. The van der Waals surface area contributed by atoms with Crippen LogP contribution in [0.4, 0.5) is 0 Å². The summed E-state index contributed by atoms with van der Waals surface area (Å²) in [5, 5.41) is 0.454. The van der Waals surface area contributed by atoms with Crippen LogP contribution in [-0.2, 0) is 9.53 Å². The number of benzene rings is 1. The fourth-order valence-corrected chi connectivity index (χ4v) is 4.71. The maximum absolute atomic E-state index is 13.4. The highest BCUT2D eigenvalue weighted by molar-refractivity contribution is 7.07. The van der Waals surface area contributed by atoms with Crippen molar-refractivity contribution in [3.8, 4) is 0 Å². The number of ether oxygens (including phenoxy) is 1. The van der Waals surface area contributed by atoms with Gasteiger partial charge in [-0.1, -0.05) is 41.1 Å². The predicted molar refractivity (Wildman–Crippen MR) is 115 cm³/mol. The maximum atomic E-state index is 13.4. The molecule has 0 saturated carbocycles. The van der Waals surface area contributed by atoms with Crippen molar-refractivity contribution < 1.29 is 13.9 Å². The van der Waals surface area contributed by atoms with Gasteiger partial charge in [0.05, 0.1) is 22.4 Å². The lowest BCUT2D eigenvalue weighted by Crippen LogP contribution is -2.40. The molecule has 1 aromatic carbocycles. The minimum absolute atomic E-state index is 0.215. The van der Waals surface area contributed by atoms with Crippen LogP contribution in [0.2, 0.25) is 5.02 Å². The molecule has 0 amide bonds. The molecule has 154 valence electrons. The van der Waals surface area contributed by atoms with Crippen molar-refractivity contribution in [2.24, 2.45) is 4.99 Å². The highest BCUT2D eigenvalue weighted by Crippen LogP contribution is 2.34. The lowest BCUT2D eigenvalue weighted by molar-refractivity contribution is -0.139. The molecule has 6 nitrogen and oxygen atoms in total. The van der Waals surface area contributed by atoms with Gasteiger partial charge in [-0.15, -0.1) is 0 Å². The topological polar surface area (TPSA) is 73.8 Å². The van der Waals surface area contributed by atoms with Gasteiger partial charge in [0.15, 0.2) is 4.80 Å². The third-order valence-electron chi connectivity index (χ3n) is 4.75. The highest BCUT2D eigenvalue weighted by atomic mass is 35.5. The van der Waals surface area contributed by atoms with Gasteiger partial charge < -0.3 is 9.15 Å². The Bertz CT molecular complexity index is 1350. The molecule has 0 saturated heterocycles. The Morgan fingerprint density at radius 3 is 2.73 bits per heavy atom. The molecule has 1 aliphatic rings. The first-order valence-electron chi connectivity index (χ1n) is 9.41. The van der Waals surface area contributed by atoms with E-state index in [2.05, 4.69) is 4.99 Å². The van der Waals surface area contributed by atoms with Crippen LogP contribution in [0.3, 0.4) is 0 Å². The van der Waals surface area contributed by atoms with Crippen LogP contribution in [0.1, 0.15) is 37.0 Å². The Morgan fingerprint density at radius 2 is 2.07 bits per heavy atom. The van der Waals surface area contributed by atoms with Crippen molar-refractivity contribution in [3.05, 3.63) is 89.5 Å². The average molecular weight is 443 g/mol. The van der Waals surface area contributed by atoms with E-state index in [1.807, 2.05) is 19.1 Å². The van der Waals surface area contributed by atoms with Gasteiger partial charge in [-0.05, 0) is 44.5 Å². The van der Waals surface area contributed by atoms with Gasteiger partial charge in [-0.3, -0.25) is 9.36 Å². The fourth-order valence-electron chi connectivity index (χ4n) is 3.44. The number of carbonyl (C=O) groups is 1. The third kappa shape index (κ3) is 3.55. The second-order valence-electron chi connectivity index (χ2n) is 6.77. The summed E-state index contributed by atoms with van der Waals surface area (Å²) in [7, 11) is 0. The predicted octanol–water partition coefficient (Wildman–Crippen LogP) is 3.35. The van der Waals surface area contributed by atoms with Crippen molar-refractivity contribution in [1.29, 1.82) is 0 Å². The van der Waals surface area contributed by atoms with Gasteiger partial charge in [-0.25, -0.2) is 9.79 Å². The van der Waals surface area contributed by atoms with Crippen LogP contribution in [0.25, 0.3) is 6.08 Å². The van der Waals surface area contributed by atoms with E-state index < -0.39 is 12.0 Å². The zero-order valence-electron chi connectivity index (χ0n) is 16.6.